The summed E-state index contributed by atoms with van der Waals surface area (Å²) in [5.41, 5.74) is 0.704. The third kappa shape index (κ3) is 4.88. The minimum atomic E-state index is -2.87. The van der Waals surface area contributed by atoms with Crippen LogP contribution in [-0.4, -0.2) is 36.0 Å². The lowest BCUT2D eigenvalue weighted by Gasteiger charge is -2.16. The van der Waals surface area contributed by atoms with Crippen LogP contribution in [0.15, 0.2) is 30.5 Å². The molecule has 0 spiro atoms. The fourth-order valence-electron chi connectivity index (χ4n) is 1.96. The largest absolute Gasteiger partial charge is 0.435 e. The van der Waals surface area contributed by atoms with E-state index in [4.69, 9.17) is 0 Å². The second-order valence-electron chi connectivity index (χ2n) is 4.75. The molecule has 0 unspecified atom stereocenters. The molecule has 0 fully saturated rings. The number of carbonyl (C=O) groups is 1. The number of nitrogens with one attached hydrogen (secondary N) is 1. The number of benzene rings is 1. The lowest BCUT2D eigenvalue weighted by atomic mass is 10.2. The number of ether oxygens (including phenoxy) is 1. The summed E-state index contributed by atoms with van der Waals surface area (Å²) in [5, 5.41) is 3.74. The van der Waals surface area contributed by atoms with Gasteiger partial charge < -0.3 is 15.0 Å². The Morgan fingerprint density at radius 2 is 2.26 bits per heavy atom. The Kier molecular flexibility index (Phi) is 5.86. The van der Waals surface area contributed by atoms with Crippen molar-refractivity contribution in [3.05, 3.63) is 40.9 Å². The summed E-state index contributed by atoms with van der Waals surface area (Å²) in [4.78, 5) is 18.5. The molecular formula is C15H17F2N3O2S. The monoisotopic (exact) mass is 341 g/mol. The van der Waals surface area contributed by atoms with Crippen molar-refractivity contribution in [1.82, 2.24) is 9.88 Å². The number of alkyl halides is 2. The maximum absolute atomic E-state index is 12.3. The summed E-state index contributed by atoms with van der Waals surface area (Å²) in [7, 11) is 1.65. The Hall–Kier alpha value is -2.22. The molecule has 5 nitrogen and oxygen atoms in total. The van der Waals surface area contributed by atoms with Crippen molar-refractivity contribution in [3.63, 3.8) is 0 Å². The quantitative estimate of drug-likeness (QED) is 0.838. The van der Waals surface area contributed by atoms with Gasteiger partial charge in [-0.15, -0.1) is 0 Å². The molecular weight excluding hydrogens is 324 g/mol. The molecule has 124 valence electrons. The molecule has 0 radical (unpaired) electrons. The second kappa shape index (κ2) is 7.87. The van der Waals surface area contributed by atoms with E-state index in [1.54, 1.807) is 19.2 Å². The lowest BCUT2D eigenvalue weighted by molar-refractivity contribution is -0.0499. The van der Waals surface area contributed by atoms with E-state index in [-0.39, 0.29) is 18.2 Å². The van der Waals surface area contributed by atoms with Crippen molar-refractivity contribution in [2.75, 3.05) is 18.9 Å². The van der Waals surface area contributed by atoms with Crippen molar-refractivity contribution >= 4 is 22.4 Å². The van der Waals surface area contributed by atoms with Gasteiger partial charge >= 0.3 is 6.61 Å². The van der Waals surface area contributed by atoms with Crippen LogP contribution in [0.4, 0.5) is 13.9 Å². The van der Waals surface area contributed by atoms with Gasteiger partial charge in [0.2, 0.25) is 0 Å². The van der Waals surface area contributed by atoms with Crippen molar-refractivity contribution in [2.45, 2.75) is 20.1 Å². The van der Waals surface area contributed by atoms with Gasteiger partial charge in [0.25, 0.3) is 5.91 Å². The van der Waals surface area contributed by atoms with Gasteiger partial charge in [0.1, 0.15) is 10.6 Å². The van der Waals surface area contributed by atoms with Gasteiger partial charge in [-0.2, -0.15) is 8.78 Å². The molecule has 0 aliphatic rings. The average molecular weight is 341 g/mol. The van der Waals surface area contributed by atoms with Crippen molar-refractivity contribution in [2.24, 2.45) is 0 Å². The minimum Gasteiger partial charge on any atom is -0.435 e. The van der Waals surface area contributed by atoms with E-state index in [9.17, 15) is 13.6 Å². The summed E-state index contributed by atoms with van der Waals surface area (Å²) in [6, 6.07) is 6.30. The number of thiazole rings is 1. The summed E-state index contributed by atoms with van der Waals surface area (Å²) in [6.07, 6.45) is 1.53. The maximum Gasteiger partial charge on any atom is 0.387 e. The lowest BCUT2D eigenvalue weighted by Crippen LogP contribution is -2.25. The number of hydrogen-bond donors (Lipinski definition) is 1. The van der Waals surface area contributed by atoms with Gasteiger partial charge in [-0.1, -0.05) is 23.5 Å². The molecule has 1 aromatic heterocycles. The number of anilines is 1. The molecule has 1 aromatic carbocycles. The number of amides is 1. The van der Waals surface area contributed by atoms with E-state index in [1.165, 1.54) is 34.6 Å². The second-order valence-corrected chi connectivity index (χ2v) is 5.78. The molecule has 1 N–H and O–H groups in total. The predicted molar refractivity (Wildman–Crippen MR) is 85.1 cm³/mol. The molecule has 0 bridgehead atoms. The predicted octanol–water partition coefficient (Wildman–Crippen LogP) is 3.45. The van der Waals surface area contributed by atoms with Crippen LogP contribution in [-0.2, 0) is 6.54 Å². The van der Waals surface area contributed by atoms with E-state index in [2.05, 4.69) is 15.0 Å². The summed E-state index contributed by atoms with van der Waals surface area (Å²) in [6.45, 7) is 0.0942. The standard InChI is InChI=1S/C15H17F2N3O2S/c1-3-18-15-19-8-12(23-15)13(21)20(2)9-10-5-4-6-11(7-10)22-14(16)17/h4-8,14H,3,9H2,1-2H3,(H,18,19). The highest BCUT2D eigenvalue weighted by Gasteiger charge is 2.16. The summed E-state index contributed by atoms with van der Waals surface area (Å²) >= 11 is 1.28. The van der Waals surface area contributed by atoms with E-state index in [0.29, 0.717) is 15.6 Å². The Morgan fingerprint density at radius 3 is 2.96 bits per heavy atom. The number of aromatic nitrogens is 1. The van der Waals surface area contributed by atoms with Crippen molar-refractivity contribution in [3.8, 4) is 5.75 Å². The smallest absolute Gasteiger partial charge is 0.387 e. The molecule has 1 heterocycles. The Balaban J connectivity index is 2.02. The van der Waals surface area contributed by atoms with Crippen molar-refractivity contribution < 1.29 is 18.3 Å². The Bertz CT molecular complexity index is 664. The first-order valence-electron chi connectivity index (χ1n) is 6.98. The molecule has 23 heavy (non-hydrogen) atoms. The first-order valence-corrected chi connectivity index (χ1v) is 7.80. The molecule has 2 rings (SSSR count). The van der Waals surface area contributed by atoms with Gasteiger partial charge in [-0.25, -0.2) is 4.98 Å². The van der Waals surface area contributed by atoms with Crippen LogP contribution in [0.2, 0.25) is 0 Å². The highest BCUT2D eigenvalue weighted by atomic mass is 32.1. The highest BCUT2D eigenvalue weighted by Crippen LogP contribution is 2.21. The molecule has 0 aliphatic heterocycles. The molecule has 0 saturated heterocycles. The van der Waals surface area contributed by atoms with E-state index >= 15 is 0 Å². The highest BCUT2D eigenvalue weighted by molar-refractivity contribution is 7.17. The van der Waals surface area contributed by atoms with Crippen LogP contribution in [0.3, 0.4) is 0 Å². The van der Waals surface area contributed by atoms with Crippen LogP contribution < -0.4 is 10.1 Å². The SMILES string of the molecule is CCNc1ncc(C(=O)N(C)Cc2cccc(OC(F)F)c2)s1. The summed E-state index contributed by atoms with van der Waals surface area (Å²) < 4.78 is 28.8. The number of hydrogen-bond acceptors (Lipinski definition) is 5. The fraction of sp³-hybridized carbons (Fsp3) is 0.333. The zero-order chi connectivity index (χ0) is 16.8. The third-order valence-corrected chi connectivity index (χ3v) is 3.88. The fourth-order valence-corrected chi connectivity index (χ4v) is 2.84. The van der Waals surface area contributed by atoms with E-state index in [0.717, 1.165) is 6.54 Å². The van der Waals surface area contributed by atoms with Crippen LogP contribution in [0.25, 0.3) is 0 Å². The number of halogens is 2. The van der Waals surface area contributed by atoms with Gasteiger partial charge in [0.05, 0.1) is 6.20 Å². The van der Waals surface area contributed by atoms with Gasteiger partial charge in [-0.05, 0) is 24.6 Å². The third-order valence-electron chi connectivity index (χ3n) is 2.93. The molecule has 0 aliphatic carbocycles. The first-order chi connectivity index (χ1) is 11.0. The van der Waals surface area contributed by atoms with Gasteiger partial charge in [0, 0.05) is 20.1 Å². The van der Waals surface area contributed by atoms with Gasteiger partial charge in [0.15, 0.2) is 5.13 Å². The molecule has 0 saturated carbocycles. The Labute approximate surface area is 136 Å². The number of rotatable bonds is 7. The van der Waals surface area contributed by atoms with Crippen LogP contribution in [0.1, 0.15) is 22.2 Å². The summed E-state index contributed by atoms with van der Waals surface area (Å²) in [5.74, 6) is -0.0996. The molecule has 1 amide bonds. The van der Waals surface area contributed by atoms with Crippen LogP contribution in [0.5, 0.6) is 5.75 Å². The number of carbonyl (C=O) groups excluding carboxylic acids is 1. The maximum atomic E-state index is 12.3. The zero-order valence-electron chi connectivity index (χ0n) is 12.8. The molecule has 2 aromatic rings. The minimum absolute atomic E-state index is 0.0746. The number of nitrogens with zero attached hydrogens (tertiary/aromatic N) is 2. The van der Waals surface area contributed by atoms with Crippen LogP contribution in [0, 0.1) is 0 Å². The first kappa shape index (κ1) is 17.1. The molecule has 8 heteroatoms. The average Bonchev–Trinajstić information content (AvgIpc) is 2.95. The topological polar surface area (TPSA) is 54.5 Å². The normalized spacial score (nSPS) is 10.7. The zero-order valence-corrected chi connectivity index (χ0v) is 13.6. The van der Waals surface area contributed by atoms with Gasteiger partial charge in [-0.3, -0.25) is 4.79 Å². The van der Waals surface area contributed by atoms with E-state index < -0.39 is 6.61 Å². The molecule has 0 atom stereocenters. The van der Waals surface area contributed by atoms with Crippen molar-refractivity contribution in [1.29, 1.82) is 0 Å². The van der Waals surface area contributed by atoms with Crippen LogP contribution >= 0.6 is 11.3 Å². The Morgan fingerprint density at radius 1 is 1.48 bits per heavy atom. The van der Waals surface area contributed by atoms with E-state index in [1.807, 2.05) is 6.92 Å².